The number of likely N-dealkylation sites (tertiary alicyclic amines) is 1. The summed E-state index contributed by atoms with van der Waals surface area (Å²) in [6, 6.07) is 1.16. The molecule has 1 aromatic rings. The van der Waals surface area contributed by atoms with E-state index in [0.717, 1.165) is 12.8 Å². The average Bonchev–Trinajstić information content (AvgIpc) is 2.37. The van der Waals surface area contributed by atoms with Crippen LogP contribution in [0.25, 0.3) is 0 Å². The van der Waals surface area contributed by atoms with E-state index in [4.69, 9.17) is 0 Å². The third kappa shape index (κ3) is 2.89. The number of benzene rings is 1. The predicted molar refractivity (Wildman–Crippen MR) is 64.3 cm³/mol. The van der Waals surface area contributed by atoms with Gasteiger partial charge < -0.3 is 10.2 Å². The molecule has 0 aliphatic carbocycles. The van der Waals surface area contributed by atoms with Crippen LogP contribution in [0, 0.1) is 17.5 Å². The number of likely N-dealkylation sites (N-methyl/N-ethyl adjacent to an activating group) is 1. The number of piperidine rings is 1. The van der Waals surface area contributed by atoms with Crippen LogP contribution in [0.2, 0.25) is 0 Å². The van der Waals surface area contributed by atoms with Crippen LogP contribution in [-0.4, -0.2) is 37.0 Å². The first kappa shape index (κ1) is 13.9. The summed E-state index contributed by atoms with van der Waals surface area (Å²) in [6.45, 7) is 0.846. The highest BCUT2D eigenvalue weighted by molar-refractivity contribution is 5.94. The van der Waals surface area contributed by atoms with Gasteiger partial charge >= 0.3 is 0 Å². The molecule has 0 spiro atoms. The zero-order valence-corrected chi connectivity index (χ0v) is 10.5. The first-order valence-electron chi connectivity index (χ1n) is 6.14. The third-order valence-electron chi connectivity index (χ3n) is 3.34. The first-order chi connectivity index (χ1) is 9.02. The Labute approximate surface area is 109 Å². The molecule has 19 heavy (non-hydrogen) atoms. The molecule has 1 fully saturated rings. The zero-order valence-electron chi connectivity index (χ0n) is 10.5. The molecule has 0 bridgehead atoms. The molecule has 1 heterocycles. The maximum atomic E-state index is 13.6. The van der Waals surface area contributed by atoms with E-state index in [1.165, 1.54) is 4.90 Å². The molecule has 0 unspecified atom stereocenters. The SMILES string of the molecule is CN[C@@H]1CCCN(C(=O)c2c(F)cc(F)cc2F)C1. The lowest BCUT2D eigenvalue weighted by atomic mass is 10.0. The number of amides is 1. The van der Waals surface area contributed by atoms with Gasteiger partial charge in [0, 0.05) is 31.3 Å². The van der Waals surface area contributed by atoms with Gasteiger partial charge in [-0.05, 0) is 19.9 Å². The van der Waals surface area contributed by atoms with Gasteiger partial charge in [0.2, 0.25) is 0 Å². The fourth-order valence-electron chi connectivity index (χ4n) is 2.30. The summed E-state index contributed by atoms with van der Waals surface area (Å²) < 4.78 is 39.9. The van der Waals surface area contributed by atoms with E-state index >= 15 is 0 Å². The maximum absolute atomic E-state index is 13.6. The molecule has 6 heteroatoms. The summed E-state index contributed by atoms with van der Waals surface area (Å²) in [4.78, 5) is 13.5. The number of nitrogens with zero attached hydrogens (tertiary/aromatic N) is 1. The highest BCUT2D eigenvalue weighted by Crippen LogP contribution is 2.19. The maximum Gasteiger partial charge on any atom is 0.259 e. The number of carbonyl (C=O) groups is 1. The van der Waals surface area contributed by atoms with E-state index in [1.807, 2.05) is 0 Å². The van der Waals surface area contributed by atoms with Crippen molar-refractivity contribution in [1.29, 1.82) is 0 Å². The van der Waals surface area contributed by atoms with Gasteiger partial charge in [-0.15, -0.1) is 0 Å². The second kappa shape index (κ2) is 5.61. The zero-order chi connectivity index (χ0) is 14.0. The Hall–Kier alpha value is -1.56. The Morgan fingerprint density at radius 2 is 1.95 bits per heavy atom. The smallest absolute Gasteiger partial charge is 0.259 e. The van der Waals surface area contributed by atoms with Gasteiger partial charge in [0.15, 0.2) is 0 Å². The summed E-state index contributed by atoms with van der Waals surface area (Å²) in [5.74, 6) is -4.07. The molecular formula is C13H15F3N2O. The molecule has 1 N–H and O–H groups in total. The van der Waals surface area contributed by atoms with E-state index in [9.17, 15) is 18.0 Å². The van der Waals surface area contributed by atoms with Crippen LogP contribution >= 0.6 is 0 Å². The highest BCUT2D eigenvalue weighted by Gasteiger charge is 2.28. The van der Waals surface area contributed by atoms with Crippen molar-refractivity contribution in [2.24, 2.45) is 0 Å². The molecule has 1 atom stereocenters. The summed E-state index contributed by atoms with van der Waals surface area (Å²) in [6.07, 6.45) is 1.68. The van der Waals surface area contributed by atoms with Crippen molar-refractivity contribution >= 4 is 5.91 Å². The van der Waals surface area contributed by atoms with Crippen LogP contribution in [0.15, 0.2) is 12.1 Å². The molecule has 104 valence electrons. The van der Waals surface area contributed by atoms with E-state index in [1.54, 1.807) is 7.05 Å². The third-order valence-corrected chi connectivity index (χ3v) is 3.34. The van der Waals surface area contributed by atoms with Crippen LogP contribution in [0.5, 0.6) is 0 Å². The first-order valence-corrected chi connectivity index (χ1v) is 6.14. The minimum absolute atomic E-state index is 0.115. The van der Waals surface area contributed by atoms with E-state index in [-0.39, 0.29) is 6.04 Å². The van der Waals surface area contributed by atoms with Crippen molar-refractivity contribution in [2.45, 2.75) is 18.9 Å². The van der Waals surface area contributed by atoms with Crippen molar-refractivity contribution in [3.8, 4) is 0 Å². The molecule has 0 saturated carbocycles. The number of hydrogen-bond donors (Lipinski definition) is 1. The van der Waals surface area contributed by atoms with Crippen LogP contribution in [0.3, 0.4) is 0 Å². The summed E-state index contributed by atoms with van der Waals surface area (Å²) >= 11 is 0. The highest BCUT2D eigenvalue weighted by atomic mass is 19.1. The molecular weight excluding hydrogens is 257 g/mol. The molecule has 0 radical (unpaired) electrons. The van der Waals surface area contributed by atoms with Gasteiger partial charge in [0.1, 0.15) is 23.0 Å². The van der Waals surface area contributed by atoms with Crippen LogP contribution < -0.4 is 5.32 Å². The topological polar surface area (TPSA) is 32.3 Å². The van der Waals surface area contributed by atoms with Crippen molar-refractivity contribution < 1.29 is 18.0 Å². The largest absolute Gasteiger partial charge is 0.337 e. The van der Waals surface area contributed by atoms with Crippen LogP contribution in [0.1, 0.15) is 23.2 Å². The average molecular weight is 272 g/mol. The summed E-state index contributed by atoms with van der Waals surface area (Å²) in [5.41, 5.74) is -0.682. The van der Waals surface area contributed by atoms with Gasteiger partial charge in [-0.25, -0.2) is 13.2 Å². The fraction of sp³-hybridized carbons (Fsp3) is 0.462. The molecule has 1 aromatic carbocycles. The number of hydrogen-bond acceptors (Lipinski definition) is 2. The molecule has 1 aliphatic heterocycles. The van der Waals surface area contributed by atoms with Gasteiger partial charge in [-0.3, -0.25) is 4.79 Å². The van der Waals surface area contributed by atoms with Crippen LogP contribution in [-0.2, 0) is 0 Å². The number of carbonyl (C=O) groups excluding carboxylic acids is 1. The Morgan fingerprint density at radius 3 is 2.53 bits per heavy atom. The molecule has 1 saturated heterocycles. The Balaban J connectivity index is 2.24. The molecule has 0 aromatic heterocycles. The number of halogens is 3. The summed E-state index contributed by atoms with van der Waals surface area (Å²) in [7, 11) is 1.78. The second-order valence-electron chi connectivity index (χ2n) is 4.62. The summed E-state index contributed by atoms with van der Waals surface area (Å²) in [5, 5.41) is 3.04. The van der Waals surface area contributed by atoms with E-state index in [2.05, 4.69) is 5.32 Å². The van der Waals surface area contributed by atoms with Crippen molar-refractivity contribution in [3.63, 3.8) is 0 Å². The Morgan fingerprint density at radius 1 is 1.32 bits per heavy atom. The van der Waals surface area contributed by atoms with E-state index in [0.29, 0.717) is 25.2 Å². The normalized spacial score (nSPS) is 19.6. The quantitative estimate of drug-likeness (QED) is 0.892. The van der Waals surface area contributed by atoms with E-state index < -0.39 is 28.9 Å². The van der Waals surface area contributed by atoms with Gasteiger partial charge in [-0.2, -0.15) is 0 Å². The lowest BCUT2D eigenvalue weighted by Gasteiger charge is -2.32. The second-order valence-corrected chi connectivity index (χ2v) is 4.62. The lowest BCUT2D eigenvalue weighted by Crippen LogP contribution is -2.47. The van der Waals surface area contributed by atoms with Gasteiger partial charge in [-0.1, -0.05) is 0 Å². The van der Waals surface area contributed by atoms with Gasteiger partial charge in [0.05, 0.1) is 0 Å². The van der Waals surface area contributed by atoms with Crippen LogP contribution in [0.4, 0.5) is 13.2 Å². The minimum atomic E-state index is -1.16. The molecule has 2 rings (SSSR count). The lowest BCUT2D eigenvalue weighted by molar-refractivity contribution is 0.0688. The molecule has 1 amide bonds. The Kier molecular flexibility index (Phi) is 4.09. The number of rotatable bonds is 2. The molecule has 3 nitrogen and oxygen atoms in total. The predicted octanol–water partition coefficient (Wildman–Crippen LogP) is 1.93. The monoisotopic (exact) mass is 272 g/mol. The van der Waals surface area contributed by atoms with Crippen molar-refractivity contribution in [2.75, 3.05) is 20.1 Å². The van der Waals surface area contributed by atoms with Crippen molar-refractivity contribution in [1.82, 2.24) is 10.2 Å². The fourth-order valence-corrected chi connectivity index (χ4v) is 2.30. The van der Waals surface area contributed by atoms with Gasteiger partial charge in [0.25, 0.3) is 5.91 Å². The minimum Gasteiger partial charge on any atom is -0.337 e. The van der Waals surface area contributed by atoms with Crippen molar-refractivity contribution in [3.05, 3.63) is 35.1 Å². The standard InChI is InChI=1S/C13H15F3N2O/c1-17-9-3-2-4-18(7-9)13(19)12-10(15)5-8(14)6-11(12)16/h5-6,9,17H,2-4,7H2,1H3/t9-/m1/s1. The number of nitrogens with one attached hydrogen (secondary N) is 1. The molecule has 1 aliphatic rings. The Bertz CT molecular complexity index is 470.